The van der Waals surface area contributed by atoms with Crippen LogP contribution in [0.1, 0.15) is 12.5 Å². The fraction of sp³-hybridized carbons (Fsp3) is 0.583. The predicted molar refractivity (Wildman–Crippen MR) is 188 cm³/mol. The highest BCUT2D eigenvalue weighted by atomic mass is 31.3. The van der Waals surface area contributed by atoms with Crippen molar-refractivity contribution in [3.63, 3.8) is 0 Å². The minimum Gasteiger partial charge on any atom is -0.490 e. The molecule has 4 aromatic rings. The van der Waals surface area contributed by atoms with E-state index >= 15 is 0 Å². The van der Waals surface area contributed by atoms with Gasteiger partial charge in [-0.2, -0.15) is 28.1 Å². The number of imidazole rings is 2. The van der Waals surface area contributed by atoms with E-state index in [2.05, 4.69) is 42.6 Å². The molecule has 6 unspecified atom stereocenters. The fourth-order valence-corrected chi connectivity index (χ4v) is 10.6. The van der Waals surface area contributed by atoms with Crippen LogP contribution in [-0.4, -0.2) is 132 Å². The molecule has 59 heavy (non-hydrogen) atoms. The molecule has 0 spiro atoms. The predicted octanol–water partition coefficient (Wildman–Crippen LogP) is -2.87. The number of aliphatic hydroxyl groups excluding tert-OH is 3. The first-order valence-corrected chi connectivity index (χ1v) is 22.4. The minimum absolute atomic E-state index is 0.0406. The maximum absolute atomic E-state index is 12.8. The molecule has 6 rings (SSSR count). The molecular weight excluding hydrogens is 888 g/mol. The van der Waals surface area contributed by atoms with Gasteiger partial charge in [0.1, 0.15) is 18.3 Å². The van der Waals surface area contributed by atoms with Crippen LogP contribution in [0.2, 0.25) is 0 Å². The van der Waals surface area contributed by atoms with Gasteiger partial charge < -0.3 is 60.9 Å². The molecule has 6 heterocycles. The van der Waals surface area contributed by atoms with E-state index in [4.69, 9.17) is 30.0 Å². The number of fused-ring (bicyclic) bond motifs is 2. The molecule has 0 aliphatic carbocycles. The summed E-state index contributed by atoms with van der Waals surface area (Å²) in [5.41, 5.74) is 10.1. The number of phosphoric ester groups is 3. The van der Waals surface area contributed by atoms with E-state index in [0.29, 0.717) is 0 Å². The van der Waals surface area contributed by atoms with E-state index in [1.807, 2.05) is 0 Å². The lowest BCUT2D eigenvalue weighted by Gasteiger charge is -2.23. The number of hydrogen-bond acceptors (Lipinski definition) is 23. The lowest BCUT2D eigenvalue weighted by molar-refractivity contribution is -0.646. The van der Waals surface area contributed by atoms with Gasteiger partial charge in [-0.15, -0.1) is 0 Å². The zero-order chi connectivity index (χ0) is 43.4. The average molecular weight is 926 g/mol. The quantitative estimate of drug-likeness (QED) is 0.0374. The van der Waals surface area contributed by atoms with Crippen molar-refractivity contribution in [2.24, 2.45) is 18.9 Å². The van der Waals surface area contributed by atoms with Gasteiger partial charge in [-0.3, -0.25) is 32.4 Å². The average Bonchev–Trinajstić information content (AvgIpc) is 3.87. The number of aromatic amines is 1. The number of aromatic hydroxyl groups is 1. The Bertz CT molecular complexity index is 2470. The van der Waals surface area contributed by atoms with E-state index in [9.17, 15) is 63.1 Å². The first kappa shape index (κ1) is 45.2. The topological polar surface area (TPSA) is 454 Å². The Morgan fingerprint density at radius 2 is 1.47 bits per heavy atom. The Kier molecular flexibility index (Phi) is 12.9. The summed E-state index contributed by atoms with van der Waals surface area (Å²) in [6.07, 6.45) is -7.54. The monoisotopic (exact) mass is 925 g/mol. The van der Waals surface area contributed by atoms with Crippen molar-refractivity contribution >= 4 is 65.5 Å². The maximum Gasteiger partial charge on any atom is 0.490 e. The lowest BCUT2D eigenvalue weighted by Crippen LogP contribution is -2.36. The van der Waals surface area contributed by atoms with Crippen LogP contribution in [0.5, 0.6) is 5.88 Å². The molecule has 4 aromatic heterocycles. The molecule has 13 N–H and O–H groups in total. The van der Waals surface area contributed by atoms with E-state index < -0.39 is 118 Å². The molecule has 0 saturated carbocycles. The second kappa shape index (κ2) is 16.8. The Morgan fingerprint density at radius 1 is 0.864 bits per heavy atom. The molecular formula is C24H37N10O21P4+. The highest BCUT2D eigenvalue weighted by molar-refractivity contribution is 7.66. The summed E-state index contributed by atoms with van der Waals surface area (Å²) in [5.74, 6) is -3.16. The first-order chi connectivity index (χ1) is 27.5. The van der Waals surface area contributed by atoms with Crippen molar-refractivity contribution in [3.05, 3.63) is 23.0 Å². The van der Waals surface area contributed by atoms with Gasteiger partial charge in [-0.25, -0.2) is 27.8 Å². The first-order valence-electron chi connectivity index (χ1n) is 16.4. The normalized spacial score (nSPS) is 29.0. The molecule has 2 fully saturated rings. The van der Waals surface area contributed by atoms with E-state index in [-0.39, 0.29) is 34.2 Å². The van der Waals surface area contributed by atoms with Gasteiger partial charge in [-0.1, -0.05) is 0 Å². The summed E-state index contributed by atoms with van der Waals surface area (Å²) in [6, 6.07) is 0. The van der Waals surface area contributed by atoms with Crippen LogP contribution < -0.4 is 21.6 Å². The third-order valence-electron chi connectivity index (χ3n) is 8.90. The number of rotatable bonds is 17. The summed E-state index contributed by atoms with van der Waals surface area (Å²) < 4.78 is 92.9. The zero-order valence-electron chi connectivity index (χ0n) is 30.1. The number of aryl methyl sites for hydroxylation is 1. The lowest BCUT2D eigenvalue weighted by atomic mass is 9.91. The highest BCUT2D eigenvalue weighted by Gasteiger charge is 2.52. The number of ether oxygens (including phenoxy) is 2. The molecule has 0 amide bonds. The van der Waals surface area contributed by atoms with Gasteiger partial charge in [0.25, 0.3) is 22.6 Å². The highest BCUT2D eigenvalue weighted by Crippen LogP contribution is 2.68. The summed E-state index contributed by atoms with van der Waals surface area (Å²) in [6.45, 7) is -3.52. The number of H-pyrrole nitrogens is 1. The van der Waals surface area contributed by atoms with Gasteiger partial charge >= 0.3 is 31.3 Å². The molecule has 0 bridgehead atoms. The van der Waals surface area contributed by atoms with Crippen molar-refractivity contribution in [3.8, 4) is 5.88 Å². The van der Waals surface area contributed by atoms with Crippen LogP contribution in [0.3, 0.4) is 0 Å². The third-order valence-corrected chi connectivity index (χ3v) is 14.1. The summed E-state index contributed by atoms with van der Waals surface area (Å²) >= 11 is 0. The van der Waals surface area contributed by atoms with Crippen LogP contribution in [0.15, 0.2) is 17.4 Å². The zero-order valence-corrected chi connectivity index (χ0v) is 33.6. The molecule has 2 aliphatic heterocycles. The fourth-order valence-electron chi connectivity index (χ4n) is 6.41. The Labute approximate surface area is 328 Å². The second-order valence-electron chi connectivity index (χ2n) is 12.7. The van der Waals surface area contributed by atoms with Crippen molar-refractivity contribution in [1.29, 1.82) is 0 Å². The van der Waals surface area contributed by atoms with Gasteiger partial charge in [0.2, 0.25) is 24.5 Å². The Balaban J connectivity index is 1.11. The molecule has 12 atom stereocenters. The Morgan fingerprint density at radius 3 is 2.08 bits per heavy atom. The van der Waals surface area contributed by atoms with Crippen LogP contribution in [0, 0.1) is 11.8 Å². The number of anilines is 2. The summed E-state index contributed by atoms with van der Waals surface area (Å²) in [4.78, 5) is 70.6. The maximum atomic E-state index is 12.8. The van der Waals surface area contributed by atoms with E-state index in [0.717, 1.165) is 18.0 Å². The van der Waals surface area contributed by atoms with Crippen molar-refractivity contribution in [1.82, 2.24) is 34.1 Å². The SMILES string of the molecule is COP(=O)(O)O[C@@H]1[C@H](O)[C@H](n2cnc3c(=O)[nH]c(N)nc32)O[C@@H]1COP(=O)(O)OP(=O)(O)OP(=O)(O)OC[C@H]1O[C@@H](n2c[n+](C)c3c(O)nc(N)nc32)C(CO)C1CO. The van der Waals surface area contributed by atoms with Crippen molar-refractivity contribution in [2.75, 3.05) is 45.0 Å². The van der Waals surface area contributed by atoms with Crippen molar-refractivity contribution in [2.45, 2.75) is 36.9 Å². The second-order valence-corrected chi connectivity index (χ2v) is 18.8. The van der Waals surface area contributed by atoms with Gasteiger partial charge in [0.15, 0.2) is 17.4 Å². The number of aliphatic hydroxyl groups is 3. The largest absolute Gasteiger partial charge is 0.490 e. The van der Waals surface area contributed by atoms with Crippen LogP contribution in [0.4, 0.5) is 11.9 Å². The number of phosphoric acid groups is 4. The van der Waals surface area contributed by atoms with Crippen LogP contribution >= 0.6 is 31.3 Å². The van der Waals surface area contributed by atoms with Crippen LogP contribution in [0.25, 0.3) is 22.3 Å². The summed E-state index contributed by atoms with van der Waals surface area (Å²) in [5, 5.41) is 41.6. The smallest absolute Gasteiger partial charge is 0.490 e. The standard InChI is InChI=1S/C24H36N10O21P4/c1-32-8-34(18-14(32)20(39)31-24(26)29-18)21-10(4-36)9(3-35)11(51-21)5-49-57(42,43)54-59(46,47)55-58(44,45)50-6-12-16(53-56(40,41)48-2)15(37)22(52-12)33-7-27-13-17(33)28-23(25)30-19(13)38/h7-12,15-16,21-22,35-37H,3-6H2,1-2H3,(H9-,25,26,28,29,30,31,38,39,40,41,42,43,44,45,46,47)/p+1/t9?,10?,11-,12-,15+,16+,21-,22-/m1/s1. The number of nitrogens with two attached hydrogens (primary N) is 2. The minimum atomic E-state index is -6.10. The summed E-state index contributed by atoms with van der Waals surface area (Å²) in [7, 11) is -20.3. The number of aromatic nitrogens is 8. The van der Waals surface area contributed by atoms with E-state index in [1.54, 1.807) is 0 Å². The van der Waals surface area contributed by atoms with Crippen molar-refractivity contribution < 1.29 is 99.0 Å². The number of nitrogens with one attached hydrogen (secondary N) is 1. The molecule has 0 aromatic carbocycles. The molecule has 35 heteroatoms. The Hall–Kier alpha value is -3.38. The number of hydrogen-bond donors (Lipinski definition) is 11. The number of nitrogen functional groups attached to an aromatic ring is 2. The van der Waals surface area contributed by atoms with Gasteiger partial charge in [0.05, 0.1) is 45.2 Å². The molecule has 328 valence electrons. The number of nitrogens with zero attached hydrogens (tertiary/aromatic N) is 7. The molecule has 2 saturated heterocycles. The van der Waals surface area contributed by atoms with Crippen LogP contribution in [-0.2, 0) is 61.5 Å². The molecule has 2 aliphatic rings. The van der Waals surface area contributed by atoms with Gasteiger partial charge in [0, 0.05) is 19.6 Å². The third kappa shape index (κ3) is 9.58. The molecule has 0 radical (unpaired) electrons. The molecule has 31 nitrogen and oxygen atoms in total. The van der Waals surface area contributed by atoms with Gasteiger partial charge in [-0.05, 0) is 0 Å². The van der Waals surface area contributed by atoms with E-state index in [1.165, 1.54) is 22.5 Å².